The highest BCUT2D eigenvalue weighted by Gasteiger charge is 2.17. The van der Waals surface area contributed by atoms with E-state index in [2.05, 4.69) is 15.9 Å². The minimum absolute atomic E-state index is 0.306. The molecule has 0 heterocycles. The summed E-state index contributed by atoms with van der Waals surface area (Å²) in [5.74, 6) is 0. The van der Waals surface area contributed by atoms with E-state index in [1.165, 1.54) is 36.8 Å². The molecule has 0 radical (unpaired) electrons. The monoisotopic (exact) mass is 476 g/mol. The van der Waals surface area contributed by atoms with Gasteiger partial charge in [0.05, 0.1) is 9.79 Å². The van der Waals surface area contributed by atoms with Crippen LogP contribution in [0.1, 0.15) is 11.1 Å². The van der Waals surface area contributed by atoms with Crippen LogP contribution in [0.25, 0.3) is 0 Å². The molecule has 0 aromatic heterocycles. The zero-order chi connectivity index (χ0) is 21.0. The molecule has 0 atom stereocenters. The van der Waals surface area contributed by atoms with Crippen molar-refractivity contribution in [2.75, 3.05) is 28.2 Å². The lowest BCUT2D eigenvalue weighted by Crippen LogP contribution is -2.22. The fourth-order valence-electron chi connectivity index (χ4n) is 1.87. The molecule has 0 N–H and O–H groups in total. The van der Waals surface area contributed by atoms with Gasteiger partial charge in [0, 0.05) is 32.7 Å². The van der Waals surface area contributed by atoms with Crippen LogP contribution in [0.4, 0.5) is 0 Å². The minimum atomic E-state index is -3.31. The zero-order valence-electron chi connectivity index (χ0n) is 16.3. The lowest BCUT2D eigenvalue weighted by molar-refractivity contribution is 0.519. The molecule has 0 bridgehead atoms. The Balaban J connectivity index is 0.000000271. The van der Waals surface area contributed by atoms with Gasteiger partial charge in [0.1, 0.15) is 0 Å². The highest BCUT2D eigenvalue weighted by atomic mass is 79.9. The smallest absolute Gasteiger partial charge is 0.207 e. The Hall–Kier alpha value is -1.26. The van der Waals surface area contributed by atoms with Gasteiger partial charge < -0.3 is 0 Å². The third-order valence-electron chi connectivity index (χ3n) is 3.72. The summed E-state index contributed by atoms with van der Waals surface area (Å²) >= 11 is 3.30. The van der Waals surface area contributed by atoms with E-state index in [-0.39, 0.29) is 0 Å². The Bertz CT molecular complexity index is 985. The standard InChI is InChI=1S/C9H12BrNO2S.C9H13NO2S/c1-7-4-5-8(6-9(7)10)14(12,13)11(2)3;1-8-4-6-9(7-5-8)13(11,12)10(2)3/h4-6H,1-3H3;4-7H,1-3H3. The van der Waals surface area contributed by atoms with Gasteiger partial charge in [-0.1, -0.05) is 39.7 Å². The SMILES string of the molecule is Cc1ccc(S(=O)(=O)N(C)C)cc1.Cc1ccc(S(=O)(=O)N(C)C)cc1Br. The van der Waals surface area contributed by atoms with Crippen LogP contribution in [-0.4, -0.2) is 53.6 Å². The predicted molar refractivity (Wildman–Crippen MR) is 112 cm³/mol. The highest BCUT2D eigenvalue weighted by molar-refractivity contribution is 9.10. The maximum atomic E-state index is 11.7. The average Bonchev–Trinajstić information content (AvgIpc) is 2.58. The van der Waals surface area contributed by atoms with Crippen LogP contribution in [0, 0.1) is 13.8 Å². The molecule has 150 valence electrons. The molecule has 2 rings (SSSR count). The largest absolute Gasteiger partial charge is 0.242 e. The van der Waals surface area contributed by atoms with E-state index >= 15 is 0 Å². The number of sulfonamides is 2. The summed E-state index contributed by atoms with van der Waals surface area (Å²) in [6, 6.07) is 11.8. The van der Waals surface area contributed by atoms with Crippen molar-refractivity contribution in [2.24, 2.45) is 0 Å². The Labute approximate surface area is 171 Å². The van der Waals surface area contributed by atoms with E-state index in [9.17, 15) is 16.8 Å². The van der Waals surface area contributed by atoms with Crippen molar-refractivity contribution in [1.82, 2.24) is 8.61 Å². The molecule has 2 aromatic rings. The van der Waals surface area contributed by atoms with Gasteiger partial charge in [-0.15, -0.1) is 0 Å². The quantitative estimate of drug-likeness (QED) is 0.678. The molecule has 0 aliphatic heterocycles. The normalized spacial score (nSPS) is 12.0. The van der Waals surface area contributed by atoms with Gasteiger partial charge in [0.2, 0.25) is 20.0 Å². The van der Waals surface area contributed by atoms with Gasteiger partial charge in [0.15, 0.2) is 0 Å². The summed E-state index contributed by atoms with van der Waals surface area (Å²) in [7, 11) is -0.493. The van der Waals surface area contributed by atoms with E-state index in [1.807, 2.05) is 13.8 Å². The van der Waals surface area contributed by atoms with Crippen molar-refractivity contribution < 1.29 is 16.8 Å². The maximum absolute atomic E-state index is 11.7. The lowest BCUT2D eigenvalue weighted by Gasteiger charge is -2.11. The number of aryl methyl sites for hydroxylation is 2. The van der Waals surface area contributed by atoms with E-state index in [1.54, 1.807) is 42.5 Å². The van der Waals surface area contributed by atoms with E-state index < -0.39 is 20.0 Å². The summed E-state index contributed by atoms with van der Waals surface area (Å²) in [6.07, 6.45) is 0. The lowest BCUT2D eigenvalue weighted by atomic mass is 10.2. The molecule has 0 saturated carbocycles. The van der Waals surface area contributed by atoms with Crippen molar-refractivity contribution in [1.29, 1.82) is 0 Å². The minimum Gasteiger partial charge on any atom is -0.207 e. The molecule has 0 aliphatic carbocycles. The maximum Gasteiger partial charge on any atom is 0.242 e. The fraction of sp³-hybridized carbons (Fsp3) is 0.333. The summed E-state index contributed by atoms with van der Waals surface area (Å²) in [6.45, 7) is 3.84. The molecule has 9 heteroatoms. The van der Waals surface area contributed by atoms with Crippen molar-refractivity contribution in [3.05, 3.63) is 58.1 Å². The number of benzene rings is 2. The molecule has 0 aliphatic rings. The van der Waals surface area contributed by atoms with Crippen molar-refractivity contribution in [2.45, 2.75) is 23.6 Å². The van der Waals surface area contributed by atoms with E-state index in [0.29, 0.717) is 9.79 Å². The second-order valence-electron chi connectivity index (χ2n) is 6.30. The Morgan fingerprint density at radius 2 is 1.11 bits per heavy atom. The molecule has 0 amide bonds. The van der Waals surface area contributed by atoms with Crippen LogP contribution in [0.5, 0.6) is 0 Å². The molecule has 0 spiro atoms. The predicted octanol–water partition coefficient (Wildman–Crippen LogP) is 3.25. The summed E-state index contributed by atoms with van der Waals surface area (Å²) in [5, 5.41) is 0. The highest BCUT2D eigenvalue weighted by Crippen LogP contribution is 2.21. The summed E-state index contributed by atoms with van der Waals surface area (Å²) < 4.78 is 49.7. The first kappa shape index (κ1) is 23.8. The third kappa shape index (κ3) is 6.11. The van der Waals surface area contributed by atoms with Gasteiger partial charge in [-0.05, 0) is 43.7 Å². The average molecular weight is 477 g/mol. The molecular weight excluding hydrogens is 452 g/mol. The third-order valence-corrected chi connectivity index (χ3v) is 8.22. The Morgan fingerprint density at radius 1 is 0.704 bits per heavy atom. The van der Waals surface area contributed by atoms with Crippen LogP contribution in [-0.2, 0) is 20.0 Å². The van der Waals surface area contributed by atoms with Gasteiger partial charge in [-0.3, -0.25) is 0 Å². The summed E-state index contributed by atoms with van der Waals surface area (Å²) in [5.41, 5.74) is 2.07. The van der Waals surface area contributed by atoms with Crippen LogP contribution < -0.4 is 0 Å². The van der Waals surface area contributed by atoms with Gasteiger partial charge in [0.25, 0.3) is 0 Å². The Morgan fingerprint density at radius 3 is 1.52 bits per heavy atom. The van der Waals surface area contributed by atoms with Crippen molar-refractivity contribution in [3.63, 3.8) is 0 Å². The van der Waals surface area contributed by atoms with Gasteiger partial charge in [-0.25, -0.2) is 25.4 Å². The second kappa shape index (κ2) is 9.29. The van der Waals surface area contributed by atoms with Crippen LogP contribution >= 0.6 is 15.9 Å². The molecule has 0 fully saturated rings. The van der Waals surface area contributed by atoms with Crippen molar-refractivity contribution in [3.8, 4) is 0 Å². The molecule has 2 aromatic carbocycles. The number of halogens is 1. The summed E-state index contributed by atoms with van der Waals surface area (Å²) in [4.78, 5) is 0.642. The Kier molecular flexibility index (Phi) is 8.18. The second-order valence-corrected chi connectivity index (χ2v) is 11.5. The molecule has 6 nitrogen and oxygen atoms in total. The number of hydrogen-bond acceptors (Lipinski definition) is 4. The van der Waals surface area contributed by atoms with Crippen LogP contribution in [0.15, 0.2) is 56.7 Å². The number of rotatable bonds is 4. The van der Waals surface area contributed by atoms with Crippen molar-refractivity contribution >= 4 is 36.0 Å². The van der Waals surface area contributed by atoms with Gasteiger partial charge >= 0.3 is 0 Å². The van der Waals surface area contributed by atoms with E-state index in [4.69, 9.17) is 0 Å². The molecule has 0 unspecified atom stereocenters. The first-order valence-corrected chi connectivity index (χ1v) is 11.7. The molecular formula is C18H25BrN2O4S2. The first-order chi connectivity index (χ1) is 12.3. The zero-order valence-corrected chi connectivity index (χ0v) is 19.5. The number of nitrogens with zero attached hydrogens (tertiary/aromatic N) is 2. The van der Waals surface area contributed by atoms with Crippen LogP contribution in [0.2, 0.25) is 0 Å². The van der Waals surface area contributed by atoms with E-state index in [0.717, 1.165) is 15.6 Å². The molecule has 0 saturated heterocycles. The first-order valence-electron chi connectivity index (χ1n) is 7.98. The topological polar surface area (TPSA) is 74.8 Å². The molecule has 27 heavy (non-hydrogen) atoms. The van der Waals surface area contributed by atoms with Crippen LogP contribution in [0.3, 0.4) is 0 Å². The number of hydrogen-bond donors (Lipinski definition) is 0. The van der Waals surface area contributed by atoms with Gasteiger partial charge in [-0.2, -0.15) is 0 Å². The fourth-order valence-corrected chi connectivity index (χ4v) is 4.23.